The molecule has 0 amide bonds. The van der Waals surface area contributed by atoms with Crippen molar-refractivity contribution in [2.75, 3.05) is 6.61 Å². The minimum Gasteiger partial charge on any atom is -0.494 e. The van der Waals surface area contributed by atoms with E-state index in [4.69, 9.17) is 9.47 Å². The molecule has 29 heavy (non-hydrogen) atoms. The van der Waals surface area contributed by atoms with E-state index in [-0.39, 0.29) is 27.9 Å². The second-order valence-electron chi connectivity index (χ2n) is 6.76. The van der Waals surface area contributed by atoms with Gasteiger partial charge < -0.3 is 19.4 Å². The average molecular weight is 392 g/mol. The first-order chi connectivity index (χ1) is 13.9. The number of aromatic nitrogens is 2. The quantitative estimate of drug-likeness (QED) is 0.671. The molecule has 0 aliphatic heterocycles. The van der Waals surface area contributed by atoms with Gasteiger partial charge in [0.05, 0.1) is 12.7 Å². The van der Waals surface area contributed by atoms with Crippen molar-refractivity contribution in [2.24, 2.45) is 0 Å². The summed E-state index contributed by atoms with van der Waals surface area (Å²) in [5.74, 6) is 1.50. The summed E-state index contributed by atoms with van der Waals surface area (Å²) < 4.78 is 11.0. The van der Waals surface area contributed by atoms with Gasteiger partial charge in [0.2, 0.25) is 0 Å². The molecule has 3 rings (SSSR count). The van der Waals surface area contributed by atoms with Crippen molar-refractivity contribution in [1.82, 2.24) is 9.97 Å². The Balaban J connectivity index is 1.92. The molecule has 0 fully saturated rings. The minimum absolute atomic E-state index is 0.0863. The molecule has 0 saturated heterocycles. The standard InChI is InChI=1S/C23H24N2O4/c1-4-28-18-9-5-16(6-10-18)13-20-22(26)25-21(23(27)24-20)14-17-7-11-19(12-8-17)29-15(2)3/h5-15H,4H2,1-3H3,(H,24,27)(H,25,26). The normalized spacial score (nSPS) is 12.4. The molecule has 0 saturated carbocycles. The molecular weight excluding hydrogens is 368 g/mol. The fourth-order valence-corrected chi connectivity index (χ4v) is 2.77. The summed E-state index contributed by atoms with van der Waals surface area (Å²) in [6.07, 6.45) is 3.33. The topological polar surface area (TPSA) is 84.2 Å². The number of H-pyrrole nitrogens is 2. The summed E-state index contributed by atoms with van der Waals surface area (Å²) >= 11 is 0. The number of aromatic amines is 2. The molecule has 0 aliphatic carbocycles. The van der Waals surface area contributed by atoms with Crippen molar-refractivity contribution in [3.63, 3.8) is 0 Å². The van der Waals surface area contributed by atoms with E-state index in [9.17, 15) is 9.59 Å². The van der Waals surface area contributed by atoms with Gasteiger partial charge in [-0.3, -0.25) is 9.59 Å². The van der Waals surface area contributed by atoms with Crippen LogP contribution < -0.4 is 31.3 Å². The zero-order chi connectivity index (χ0) is 20.8. The molecule has 2 N–H and O–H groups in total. The van der Waals surface area contributed by atoms with Crippen molar-refractivity contribution in [1.29, 1.82) is 0 Å². The molecule has 150 valence electrons. The third kappa shape index (κ3) is 5.48. The van der Waals surface area contributed by atoms with Crippen LogP contribution in [0, 0.1) is 0 Å². The number of hydrogen-bond acceptors (Lipinski definition) is 4. The smallest absolute Gasteiger partial charge is 0.272 e. The van der Waals surface area contributed by atoms with Crippen LogP contribution in [0.15, 0.2) is 58.1 Å². The van der Waals surface area contributed by atoms with Crippen LogP contribution in [0.2, 0.25) is 0 Å². The molecule has 1 aromatic heterocycles. The highest BCUT2D eigenvalue weighted by Crippen LogP contribution is 2.14. The molecule has 0 bridgehead atoms. The monoisotopic (exact) mass is 392 g/mol. The van der Waals surface area contributed by atoms with Crippen molar-refractivity contribution in [3.05, 3.63) is 91.1 Å². The number of ether oxygens (including phenoxy) is 2. The first kappa shape index (κ1) is 20.2. The van der Waals surface area contributed by atoms with Crippen LogP contribution >= 0.6 is 0 Å². The number of rotatable bonds is 6. The first-order valence-electron chi connectivity index (χ1n) is 9.50. The third-order valence-electron chi connectivity index (χ3n) is 4.05. The molecule has 0 unspecified atom stereocenters. The molecule has 0 aliphatic rings. The average Bonchev–Trinajstić information content (AvgIpc) is 2.68. The second-order valence-corrected chi connectivity index (χ2v) is 6.76. The molecule has 3 aromatic rings. The van der Waals surface area contributed by atoms with Gasteiger partial charge in [-0.05, 0) is 68.3 Å². The van der Waals surface area contributed by atoms with Crippen LogP contribution in [0.1, 0.15) is 31.9 Å². The molecule has 6 heteroatoms. The SMILES string of the molecule is CCOc1ccc(C=c2[nH]c(=O)c(=Cc3ccc(OC(C)C)cc3)[nH]c2=O)cc1. The van der Waals surface area contributed by atoms with Gasteiger partial charge in [0, 0.05) is 0 Å². The van der Waals surface area contributed by atoms with Gasteiger partial charge in [-0.25, -0.2) is 0 Å². The Morgan fingerprint density at radius 1 is 0.793 bits per heavy atom. The number of nitrogens with one attached hydrogen (secondary N) is 2. The van der Waals surface area contributed by atoms with Gasteiger partial charge in [-0.2, -0.15) is 0 Å². The summed E-state index contributed by atoms with van der Waals surface area (Å²) in [6, 6.07) is 14.6. The van der Waals surface area contributed by atoms with Gasteiger partial charge in [0.25, 0.3) is 11.1 Å². The van der Waals surface area contributed by atoms with Crippen LogP contribution in [0.4, 0.5) is 0 Å². The molecule has 2 aromatic carbocycles. The Bertz CT molecular complexity index is 1190. The van der Waals surface area contributed by atoms with Gasteiger partial charge in [-0.1, -0.05) is 24.3 Å². The van der Waals surface area contributed by atoms with Crippen LogP contribution in [-0.4, -0.2) is 22.7 Å². The van der Waals surface area contributed by atoms with Crippen molar-refractivity contribution in [3.8, 4) is 11.5 Å². The zero-order valence-corrected chi connectivity index (χ0v) is 16.7. The Morgan fingerprint density at radius 3 is 1.66 bits per heavy atom. The van der Waals surface area contributed by atoms with Crippen molar-refractivity contribution in [2.45, 2.75) is 26.9 Å². The highest BCUT2D eigenvalue weighted by Gasteiger charge is 2.00. The maximum absolute atomic E-state index is 12.4. The Hall–Kier alpha value is -3.54. The molecule has 0 atom stereocenters. The lowest BCUT2D eigenvalue weighted by Gasteiger charge is -2.09. The van der Waals surface area contributed by atoms with E-state index in [0.29, 0.717) is 6.61 Å². The van der Waals surface area contributed by atoms with E-state index >= 15 is 0 Å². The predicted octanol–water partition coefficient (Wildman–Crippen LogP) is 1.91. The van der Waals surface area contributed by atoms with E-state index in [2.05, 4.69) is 9.97 Å². The Labute approximate surface area is 168 Å². The summed E-state index contributed by atoms with van der Waals surface area (Å²) in [4.78, 5) is 30.1. The maximum atomic E-state index is 12.4. The summed E-state index contributed by atoms with van der Waals surface area (Å²) in [5, 5.41) is 0.383. The fraction of sp³-hybridized carbons (Fsp3) is 0.217. The van der Waals surface area contributed by atoms with E-state index in [1.165, 1.54) is 0 Å². The molecular formula is C23H24N2O4. The lowest BCUT2D eigenvalue weighted by molar-refractivity contribution is 0.242. The van der Waals surface area contributed by atoms with Crippen molar-refractivity contribution < 1.29 is 9.47 Å². The lowest BCUT2D eigenvalue weighted by Crippen LogP contribution is -2.46. The Kier molecular flexibility index (Phi) is 6.34. The molecule has 1 heterocycles. The summed E-state index contributed by atoms with van der Waals surface area (Å²) in [7, 11) is 0. The van der Waals surface area contributed by atoms with Crippen LogP contribution in [0.25, 0.3) is 12.2 Å². The number of benzene rings is 2. The zero-order valence-electron chi connectivity index (χ0n) is 16.7. The van der Waals surface area contributed by atoms with E-state index in [1.54, 1.807) is 12.2 Å². The molecule has 6 nitrogen and oxygen atoms in total. The van der Waals surface area contributed by atoms with E-state index in [0.717, 1.165) is 22.6 Å². The van der Waals surface area contributed by atoms with Gasteiger partial charge >= 0.3 is 0 Å². The predicted molar refractivity (Wildman–Crippen MR) is 114 cm³/mol. The first-order valence-corrected chi connectivity index (χ1v) is 9.50. The maximum Gasteiger partial charge on any atom is 0.272 e. The second kappa shape index (κ2) is 9.10. The number of hydrogen-bond donors (Lipinski definition) is 2. The van der Waals surface area contributed by atoms with E-state index < -0.39 is 0 Å². The fourth-order valence-electron chi connectivity index (χ4n) is 2.77. The lowest BCUT2D eigenvalue weighted by atomic mass is 10.2. The highest BCUT2D eigenvalue weighted by atomic mass is 16.5. The molecule has 0 radical (unpaired) electrons. The highest BCUT2D eigenvalue weighted by molar-refractivity contribution is 5.51. The summed E-state index contributed by atoms with van der Waals surface area (Å²) in [5.41, 5.74) is 0.825. The van der Waals surface area contributed by atoms with Crippen LogP contribution in [0.5, 0.6) is 11.5 Å². The van der Waals surface area contributed by atoms with Crippen molar-refractivity contribution >= 4 is 12.2 Å². The van der Waals surface area contributed by atoms with Gasteiger partial charge in [-0.15, -0.1) is 0 Å². The van der Waals surface area contributed by atoms with Crippen LogP contribution in [0.3, 0.4) is 0 Å². The van der Waals surface area contributed by atoms with Gasteiger partial charge in [0.15, 0.2) is 0 Å². The molecule has 0 spiro atoms. The van der Waals surface area contributed by atoms with Gasteiger partial charge in [0.1, 0.15) is 22.2 Å². The minimum atomic E-state index is -0.371. The van der Waals surface area contributed by atoms with E-state index in [1.807, 2.05) is 69.3 Å². The Morgan fingerprint density at radius 2 is 1.24 bits per heavy atom. The van der Waals surface area contributed by atoms with Crippen LogP contribution in [-0.2, 0) is 0 Å². The largest absolute Gasteiger partial charge is 0.494 e. The third-order valence-corrected chi connectivity index (χ3v) is 4.05. The summed E-state index contributed by atoms with van der Waals surface area (Å²) in [6.45, 7) is 6.41.